The number of carbonyl (C=O) groups is 1. The van der Waals surface area contributed by atoms with Gasteiger partial charge in [-0.3, -0.25) is 4.79 Å². The Morgan fingerprint density at radius 3 is 2.53 bits per heavy atom. The van der Waals surface area contributed by atoms with Gasteiger partial charge in [-0.2, -0.15) is 0 Å². The largest absolute Gasteiger partial charge is 0.497 e. The Morgan fingerprint density at radius 2 is 1.77 bits per heavy atom. The molecule has 0 radical (unpaired) electrons. The van der Waals surface area contributed by atoms with Crippen LogP contribution in [-0.2, 0) is 17.8 Å². The minimum Gasteiger partial charge on any atom is -0.497 e. The molecule has 1 amide bonds. The van der Waals surface area contributed by atoms with Crippen molar-refractivity contribution in [2.24, 2.45) is 0 Å². The van der Waals surface area contributed by atoms with Crippen molar-refractivity contribution in [2.45, 2.75) is 45.6 Å². The van der Waals surface area contributed by atoms with Crippen LogP contribution in [0.25, 0.3) is 11.0 Å². The maximum absolute atomic E-state index is 10.9. The summed E-state index contributed by atoms with van der Waals surface area (Å²) in [7, 11) is 1.66. The lowest BCUT2D eigenvalue weighted by Crippen LogP contribution is -2.20. The summed E-state index contributed by atoms with van der Waals surface area (Å²) in [5, 5.41) is 2.85. The van der Waals surface area contributed by atoms with Gasteiger partial charge in [-0.1, -0.05) is 18.6 Å². The zero-order valence-corrected chi connectivity index (χ0v) is 17.9. The molecule has 0 fully saturated rings. The Morgan fingerprint density at radius 1 is 1.00 bits per heavy atom. The number of ether oxygens (including phenoxy) is 2. The highest BCUT2D eigenvalue weighted by Gasteiger charge is 2.10. The van der Waals surface area contributed by atoms with E-state index in [1.54, 1.807) is 14.0 Å². The van der Waals surface area contributed by atoms with Crippen LogP contribution >= 0.6 is 0 Å². The molecule has 0 aliphatic rings. The summed E-state index contributed by atoms with van der Waals surface area (Å²) in [5.74, 6) is 2.84. The van der Waals surface area contributed by atoms with Crippen molar-refractivity contribution < 1.29 is 14.3 Å². The number of hydrogen-bond acceptors (Lipinski definition) is 4. The highest BCUT2D eigenvalue weighted by atomic mass is 16.5. The van der Waals surface area contributed by atoms with E-state index in [0.29, 0.717) is 6.61 Å². The molecule has 160 valence electrons. The number of aromatic nitrogens is 2. The molecule has 0 aliphatic carbocycles. The summed E-state index contributed by atoms with van der Waals surface area (Å²) in [4.78, 5) is 15.8. The second-order valence-electron chi connectivity index (χ2n) is 7.34. The van der Waals surface area contributed by atoms with Crippen molar-refractivity contribution in [1.29, 1.82) is 0 Å². The van der Waals surface area contributed by atoms with E-state index in [9.17, 15) is 4.79 Å². The molecule has 0 spiro atoms. The van der Waals surface area contributed by atoms with Gasteiger partial charge in [0.25, 0.3) is 0 Å². The van der Waals surface area contributed by atoms with Crippen LogP contribution in [0.15, 0.2) is 48.5 Å². The molecule has 0 unspecified atom stereocenters. The number of imidazole rings is 1. The summed E-state index contributed by atoms with van der Waals surface area (Å²) >= 11 is 0. The zero-order valence-electron chi connectivity index (χ0n) is 17.9. The molecule has 0 saturated heterocycles. The average molecular weight is 410 g/mol. The number of carbonyl (C=O) groups excluding carboxylic acids is 1. The number of rotatable bonds is 12. The Hall–Kier alpha value is -3.02. The number of methoxy groups -OCH3 is 1. The first-order chi connectivity index (χ1) is 14.7. The van der Waals surface area contributed by atoms with Gasteiger partial charge in [-0.05, 0) is 55.7 Å². The lowest BCUT2D eigenvalue weighted by atomic mass is 10.2. The van der Waals surface area contributed by atoms with Crippen LogP contribution in [-0.4, -0.2) is 35.7 Å². The van der Waals surface area contributed by atoms with E-state index in [0.717, 1.165) is 68.0 Å². The number of fused-ring (bicyclic) bond motifs is 1. The van der Waals surface area contributed by atoms with Crippen molar-refractivity contribution >= 4 is 16.9 Å². The first-order valence-electron chi connectivity index (χ1n) is 10.6. The topological polar surface area (TPSA) is 65.4 Å². The first kappa shape index (κ1) is 21.7. The van der Waals surface area contributed by atoms with E-state index in [1.807, 2.05) is 30.3 Å². The van der Waals surface area contributed by atoms with Gasteiger partial charge >= 0.3 is 0 Å². The van der Waals surface area contributed by atoms with Crippen molar-refractivity contribution in [3.8, 4) is 11.5 Å². The second kappa shape index (κ2) is 11.2. The maximum atomic E-state index is 10.9. The van der Waals surface area contributed by atoms with Crippen LogP contribution in [0.4, 0.5) is 0 Å². The predicted molar refractivity (Wildman–Crippen MR) is 119 cm³/mol. The van der Waals surface area contributed by atoms with Crippen LogP contribution < -0.4 is 14.8 Å². The number of amides is 1. The van der Waals surface area contributed by atoms with Gasteiger partial charge in [0.05, 0.1) is 24.8 Å². The van der Waals surface area contributed by atoms with Crippen LogP contribution in [0, 0.1) is 0 Å². The van der Waals surface area contributed by atoms with Gasteiger partial charge in [0.2, 0.25) is 5.91 Å². The first-order valence-corrected chi connectivity index (χ1v) is 10.6. The Kier molecular flexibility index (Phi) is 8.12. The fourth-order valence-electron chi connectivity index (χ4n) is 3.50. The number of benzene rings is 2. The summed E-state index contributed by atoms with van der Waals surface area (Å²) < 4.78 is 13.4. The van der Waals surface area contributed by atoms with Crippen LogP contribution in [0.1, 0.15) is 38.4 Å². The molecule has 1 N–H and O–H groups in total. The van der Waals surface area contributed by atoms with E-state index < -0.39 is 0 Å². The molecule has 30 heavy (non-hydrogen) atoms. The van der Waals surface area contributed by atoms with Crippen LogP contribution in [0.3, 0.4) is 0 Å². The van der Waals surface area contributed by atoms with Crippen molar-refractivity contribution in [3.05, 3.63) is 54.4 Å². The molecule has 0 aliphatic heterocycles. The van der Waals surface area contributed by atoms with Gasteiger partial charge in [-0.15, -0.1) is 0 Å². The van der Waals surface area contributed by atoms with E-state index >= 15 is 0 Å². The quantitative estimate of drug-likeness (QED) is 0.451. The van der Waals surface area contributed by atoms with Crippen LogP contribution in [0.2, 0.25) is 0 Å². The monoisotopic (exact) mass is 409 g/mol. The molecular weight excluding hydrogens is 378 g/mol. The van der Waals surface area contributed by atoms with Crippen molar-refractivity contribution in [1.82, 2.24) is 14.9 Å². The molecule has 2 aromatic carbocycles. The summed E-state index contributed by atoms with van der Waals surface area (Å²) in [5.41, 5.74) is 2.22. The van der Waals surface area contributed by atoms with Gasteiger partial charge in [0.1, 0.15) is 17.3 Å². The summed E-state index contributed by atoms with van der Waals surface area (Å²) in [6.45, 7) is 3.82. The number of para-hydroxylation sites is 2. The minimum absolute atomic E-state index is 0.0358. The highest BCUT2D eigenvalue weighted by molar-refractivity contribution is 5.75. The molecule has 1 heterocycles. The third-order valence-electron chi connectivity index (χ3n) is 5.04. The molecule has 3 aromatic rings. The third kappa shape index (κ3) is 6.24. The van der Waals surface area contributed by atoms with Gasteiger partial charge < -0.3 is 19.4 Å². The number of hydrogen-bond donors (Lipinski definition) is 1. The lowest BCUT2D eigenvalue weighted by Gasteiger charge is -2.11. The number of nitrogens with zero attached hydrogens (tertiary/aromatic N) is 2. The van der Waals surface area contributed by atoms with E-state index in [1.165, 1.54) is 5.52 Å². The molecule has 0 bridgehead atoms. The summed E-state index contributed by atoms with van der Waals surface area (Å²) in [6.07, 6.45) is 4.97. The van der Waals surface area contributed by atoms with Crippen molar-refractivity contribution in [2.75, 3.05) is 20.3 Å². The molecule has 6 nitrogen and oxygen atoms in total. The standard InChI is InChI=1S/C24H31N3O3/c1-19(28)25-16-7-3-4-11-24-26-22-9-5-6-10-23(22)27(24)17-8-18-30-21-14-12-20(29-2)13-15-21/h5-6,9-10,12-15H,3-4,7-8,11,16-18H2,1-2H3,(H,25,28). The maximum Gasteiger partial charge on any atom is 0.216 e. The van der Waals surface area contributed by atoms with E-state index in [2.05, 4.69) is 28.1 Å². The smallest absolute Gasteiger partial charge is 0.216 e. The Bertz CT molecular complexity index is 935. The molecular formula is C24H31N3O3. The average Bonchev–Trinajstić information content (AvgIpc) is 3.11. The zero-order chi connectivity index (χ0) is 21.2. The SMILES string of the molecule is COc1ccc(OCCCn2c(CCCCCNC(C)=O)nc3ccccc32)cc1. The van der Waals surface area contributed by atoms with E-state index in [4.69, 9.17) is 14.5 Å². The van der Waals surface area contributed by atoms with Gasteiger partial charge in [0, 0.05) is 26.4 Å². The van der Waals surface area contributed by atoms with Crippen LogP contribution in [0.5, 0.6) is 11.5 Å². The third-order valence-corrected chi connectivity index (χ3v) is 5.04. The molecule has 3 rings (SSSR count). The second-order valence-corrected chi connectivity index (χ2v) is 7.34. The Labute approximate surface area is 178 Å². The fourth-order valence-corrected chi connectivity index (χ4v) is 3.50. The van der Waals surface area contributed by atoms with Crippen molar-refractivity contribution in [3.63, 3.8) is 0 Å². The van der Waals surface area contributed by atoms with E-state index in [-0.39, 0.29) is 5.91 Å². The molecule has 0 atom stereocenters. The normalized spacial score (nSPS) is 10.9. The number of nitrogens with one attached hydrogen (secondary N) is 1. The lowest BCUT2D eigenvalue weighted by molar-refractivity contribution is -0.118. The molecule has 0 saturated carbocycles. The summed E-state index contributed by atoms with van der Waals surface area (Å²) in [6, 6.07) is 16.0. The number of unbranched alkanes of at least 4 members (excludes halogenated alkanes) is 2. The Balaban J connectivity index is 1.52. The minimum atomic E-state index is 0.0358. The van der Waals surface area contributed by atoms with Gasteiger partial charge in [-0.25, -0.2) is 4.98 Å². The van der Waals surface area contributed by atoms with Gasteiger partial charge in [0.15, 0.2) is 0 Å². The predicted octanol–water partition coefficient (Wildman–Crippen LogP) is 4.36. The fraction of sp³-hybridized carbons (Fsp3) is 0.417. The molecule has 6 heteroatoms. The molecule has 1 aromatic heterocycles. The highest BCUT2D eigenvalue weighted by Crippen LogP contribution is 2.20. The number of aryl methyl sites for hydroxylation is 2.